The molecule has 0 N–H and O–H groups in total. The molecule has 1 aliphatic carbocycles. The third kappa shape index (κ3) is 2.56. The van der Waals surface area contributed by atoms with Gasteiger partial charge in [-0.05, 0) is 31.7 Å². The van der Waals surface area contributed by atoms with Crippen molar-refractivity contribution in [3.63, 3.8) is 0 Å². The van der Waals surface area contributed by atoms with Crippen LogP contribution in [0, 0.1) is 12.8 Å². The molecule has 1 heterocycles. The largest absolute Gasteiger partial charge is 0.463 e. The zero-order valence-corrected chi connectivity index (χ0v) is 8.21. The number of aromatic nitrogens is 2. The topological polar surface area (TPSA) is 35.0 Å². The lowest BCUT2D eigenvalue weighted by atomic mass is 10.4. The number of hydrogen-bond donors (Lipinski definition) is 0. The third-order valence-corrected chi connectivity index (χ3v) is 2.14. The summed E-state index contributed by atoms with van der Waals surface area (Å²) < 4.78 is 5.38. The van der Waals surface area contributed by atoms with Gasteiger partial charge in [0.25, 0.3) is 0 Å². The Morgan fingerprint density at radius 2 is 2.31 bits per heavy atom. The lowest BCUT2D eigenvalue weighted by Gasteiger charge is -2.03. The van der Waals surface area contributed by atoms with Gasteiger partial charge in [-0.25, -0.2) is 4.98 Å². The van der Waals surface area contributed by atoms with Crippen LogP contribution in [0.25, 0.3) is 0 Å². The molecule has 0 radical (unpaired) electrons. The average Bonchev–Trinajstić information content (AvgIpc) is 2.81. The first-order valence-electron chi connectivity index (χ1n) is 4.38. The molecule has 1 saturated carbocycles. The van der Waals surface area contributed by atoms with Crippen molar-refractivity contribution in [2.75, 3.05) is 6.61 Å². The fourth-order valence-electron chi connectivity index (χ4n) is 1.05. The van der Waals surface area contributed by atoms with Gasteiger partial charge in [0, 0.05) is 5.69 Å². The summed E-state index contributed by atoms with van der Waals surface area (Å²) in [4.78, 5) is 8.08. The average molecular weight is 199 g/mol. The zero-order valence-electron chi connectivity index (χ0n) is 7.46. The monoisotopic (exact) mass is 198 g/mol. The summed E-state index contributed by atoms with van der Waals surface area (Å²) in [5.74, 6) is 0.711. The summed E-state index contributed by atoms with van der Waals surface area (Å²) in [5.41, 5.74) is 0.839. The van der Waals surface area contributed by atoms with Crippen LogP contribution >= 0.6 is 11.6 Å². The Kier molecular flexibility index (Phi) is 2.36. The van der Waals surface area contributed by atoms with Crippen LogP contribution in [0.15, 0.2) is 6.07 Å². The van der Waals surface area contributed by atoms with Gasteiger partial charge in [-0.2, -0.15) is 4.98 Å². The zero-order chi connectivity index (χ0) is 9.26. The summed E-state index contributed by atoms with van der Waals surface area (Å²) >= 11 is 5.75. The van der Waals surface area contributed by atoms with Crippen LogP contribution in [0.4, 0.5) is 0 Å². The minimum Gasteiger partial charge on any atom is -0.463 e. The second-order valence-electron chi connectivity index (χ2n) is 3.37. The van der Waals surface area contributed by atoms with Crippen LogP contribution in [-0.2, 0) is 0 Å². The molecule has 4 heteroatoms. The van der Waals surface area contributed by atoms with Gasteiger partial charge in [-0.15, -0.1) is 0 Å². The van der Waals surface area contributed by atoms with E-state index in [2.05, 4.69) is 9.97 Å². The molecule has 0 atom stereocenters. The summed E-state index contributed by atoms with van der Waals surface area (Å²) in [7, 11) is 0. The molecule has 0 bridgehead atoms. The van der Waals surface area contributed by atoms with Crippen molar-refractivity contribution in [3.8, 4) is 6.01 Å². The SMILES string of the molecule is Cc1cc(Cl)nc(OCC2CC2)n1. The first kappa shape index (κ1) is 8.75. The highest BCUT2D eigenvalue weighted by Crippen LogP contribution is 2.29. The van der Waals surface area contributed by atoms with E-state index >= 15 is 0 Å². The van der Waals surface area contributed by atoms with Gasteiger partial charge in [0.15, 0.2) is 0 Å². The normalized spacial score (nSPS) is 15.8. The summed E-state index contributed by atoms with van der Waals surface area (Å²) in [6, 6.07) is 2.11. The van der Waals surface area contributed by atoms with Crippen molar-refractivity contribution in [2.24, 2.45) is 5.92 Å². The highest BCUT2D eigenvalue weighted by molar-refractivity contribution is 6.29. The van der Waals surface area contributed by atoms with E-state index in [9.17, 15) is 0 Å². The van der Waals surface area contributed by atoms with Gasteiger partial charge < -0.3 is 4.74 Å². The number of nitrogens with zero attached hydrogens (tertiary/aromatic N) is 2. The van der Waals surface area contributed by atoms with Crippen molar-refractivity contribution in [2.45, 2.75) is 19.8 Å². The smallest absolute Gasteiger partial charge is 0.318 e. The fourth-order valence-corrected chi connectivity index (χ4v) is 1.28. The van der Waals surface area contributed by atoms with Crippen LogP contribution in [0.2, 0.25) is 5.15 Å². The molecular formula is C9H11ClN2O. The molecule has 0 spiro atoms. The van der Waals surface area contributed by atoms with E-state index in [0.29, 0.717) is 17.1 Å². The van der Waals surface area contributed by atoms with Crippen molar-refractivity contribution >= 4 is 11.6 Å². The number of ether oxygens (including phenoxy) is 1. The Bertz CT molecular complexity index is 292. The van der Waals surface area contributed by atoms with E-state index in [-0.39, 0.29) is 0 Å². The predicted octanol–water partition coefficient (Wildman–Crippen LogP) is 2.23. The Morgan fingerprint density at radius 1 is 1.54 bits per heavy atom. The van der Waals surface area contributed by atoms with Crippen LogP contribution in [0.1, 0.15) is 18.5 Å². The maximum Gasteiger partial charge on any atom is 0.318 e. The van der Waals surface area contributed by atoms with Crippen LogP contribution in [0.3, 0.4) is 0 Å². The second-order valence-corrected chi connectivity index (χ2v) is 3.76. The van der Waals surface area contributed by atoms with E-state index in [0.717, 1.165) is 12.3 Å². The van der Waals surface area contributed by atoms with Crippen LogP contribution < -0.4 is 4.74 Å². The first-order valence-corrected chi connectivity index (χ1v) is 4.76. The van der Waals surface area contributed by atoms with Gasteiger partial charge in [-0.1, -0.05) is 11.6 Å². The van der Waals surface area contributed by atoms with Gasteiger partial charge >= 0.3 is 6.01 Å². The van der Waals surface area contributed by atoms with Crippen LogP contribution in [0.5, 0.6) is 6.01 Å². The van der Waals surface area contributed by atoms with Crippen molar-refractivity contribution in [3.05, 3.63) is 16.9 Å². The molecule has 70 valence electrons. The van der Waals surface area contributed by atoms with Gasteiger partial charge in [-0.3, -0.25) is 0 Å². The van der Waals surface area contributed by atoms with E-state index < -0.39 is 0 Å². The van der Waals surface area contributed by atoms with Crippen molar-refractivity contribution < 1.29 is 4.74 Å². The van der Waals surface area contributed by atoms with Gasteiger partial charge in [0.1, 0.15) is 5.15 Å². The number of hydrogen-bond acceptors (Lipinski definition) is 3. The molecule has 1 aromatic rings. The maximum absolute atomic E-state index is 5.75. The van der Waals surface area contributed by atoms with E-state index in [4.69, 9.17) is 16.3 Å². The first-order chi connectivity index (χ1) is 6.24. The molecule has 0 saturated heterocycles. The molecule has 0 aromatic carbocycles. The second kappa shape index (κ2) is 3.50. The van der Waals surface area contributed by atoms with E-state index in [1.165, 1.54) is 12.8 Å². The number of halogens is 1. The molecule has 0 unspecified atom stereocenters. The third-order valence-electron chi connectivity index (χ3n) is 1.95. The lowest BCUT2D eigenvalue weighted by Crippen LogP contribution is -2.03. The minimum absolute atomic E-state index is 0.400. The van der Waals surface area contributed by atoms with Gasteiger partial charge in [0.05, 0.1) is 6.61 Å². The quantitative estimate of drug-likeness (QED) is 0.699. The lowest BCUT2D eigenvalue weighted by molar-refractivity contribution is 0.276. The molecule has 2 rings (SSSR count). The number of rotatable bonds is 3. The maximum atomic E-state index is 5.75. The standard InChI is InChI=1S/C9H11ClN2O/c1-6-4-8(10)12-9(11-6)13-5-7-2-3-7/h4,7H,2-3,5H2,1H3. The molecule has 1 fully saturated rings. The van der Waals surface area contributed by atoms with Crippen molar-refractivity contribution in [1.82, 2.24) is 9.97 Å². The van der Waals surface area contributed by atoms with E-state index in [1.807, 2.05) is 6.92 Å². The fraction of sp³-hybridized carbons (Fsp3) is 0.556. The minimum atomic E-state index is 0.400. The summed E-state index contributed by atoms with van der Waals surface area (Å²) in [5, 5.41) is 0.443. The summed E-state index contributed by atoms with van der Waals surface area (Å²) in [6.07, 6.45) is 2.53. The predicted molar refractivity (Wildman–Crippen MR) is 50.0 cm³/mol. The van der Waals surface area contributed by atoms with Gasteiger partial charge in [0.2, 0.25) is 0 Å². The Hall–Kier alpha value is -0.830. The molecule has 1 aromatic heterocycles. The molecule has 0 aliphatic heterocycles. The Labute approximate surface area is 82.1 Å². The molecule has 0 amide bonds. The highest BCUT2D eigenvalue weighted by atomic mass is 35.5. The number of aryl methyl sites for hydroxylation is 1. The Morgan fingerprint density at radius 3 is 2.92 bits per heavy atom. The molecule has 13 heavy (non-hydrogen) atoms. The van der Waals surface area contributed by atoms with Crippen molar-refractivity contribution in [1.29, 1.82) is 0 Å². The molecule has 3 nitrogen and oxygen atoms in total. The molecular weight excluding hydrogens is 188 g/mol. The molecule has 1 aliphatic rings. The Balaban J connectivity index is 2.01. The van der Waals surface area contributed by atoms with E-state index in [1.54, 1.807) is 6.07 Å². The highest BCUT2D eigenvalue weighted by Gasteiger charge is 2.22. The van der Waals surface area contributed by atoms with Crippen LogP contribution in [-0.4, -0.2) is 16.6 Å². The summed E-state index contributed by atoms with van der Waals surface area (Å²) in [6.45, 7) is 2.59.